The van der Waals surface area contributed by atoms with Gasteiger partial charge in [-0.1, -0.05) is 45.9 Å². The average Bonchev–Trinajstić information content (AvgIpc) is 2.65. The highest BCUT2D eigenvalue weighted by Crippen LogP contribution is 2.52. The highest BCUT2D eigenvalue weighted by molar-refractivity contribution is 5.89. The Balaban J connectivity index is 2.18. The Labute approximate surface area is 174 Å². The van der Waals surface area contributed by atoms with Crippen LogP contribution in [0.15, 0.2) is 30.3 Å². The summed E-state index contributed by atoms with van der Waals surface area (Å²) in [6, 6.07) is 9.22. The minimum Gasteiger partial charge on any atom is -0.496 e. The van der Waals surface area contributed by atoms with E-state index in [2.05, 4.69) is 53.7 Å². The lowest BCUT2D eigenvalue weighted by atomic mass is 9.61. The molecule has 3 rings (SSSR count). The molecule has 154 valence electrons. The van der Waals surface area contributed by atoms with Crippen molar-refractivity contribution in [1.29, 1.82) is 0 Å². The fourth-order valence-corrected chi connectivity index (χ4v) is 4.75. The summed E-state index contributed by atoms with van der Waals surface area (Å²) in [5.41, 5.74) is 7.74. The summed E-state index contributed by atoms with van der Waals surface area (Å²) in [5.74, 6) is 0.0633. The Morgan fingerprint density at radius 3 is 2.10 bits per heavy atom. The first-order valence-corrected chi connectivity index (χ1v) is 10.2. The van der Waals surface area contributed by atoms with Gasteiger partial charge in [0, 0.05) is 11.1 Å². The van der Waals surface area contributed by atoms with Gasteiger partial charge in [-0.15, -0.1) is 0 Å². The fourth-order valence-electron chi connectivity index (χ4n) is 4.75. The summed E-state index contributed by atoms with van der Waals surface area (Å²) in [5, 5.41) is 9.11. The molecule has 0 saturated heterocycles. The van der Waals surface area contributed by atoms with Crippen LogP contribution in [0, 0.1) is 6.92 Å². The number of allylic oxidation sites excluding steroid dienone is 1. The maximum absolute atomic E-state index is 11.1. The van der Waals surface area contributed by atoms with E-state index in [9.17, 15) is 4.79 Å². The molecule has 0 aromatic heterocycles. The third-order valence-electron chi connectivity index (χ3n) is 6.38. The largest absolute Gasteiger partial charge is 0.496 e. The molecule has 0 fully saturated rings. The minimum absolute atomic E-state index is 0.0559. The summed E-state index contributed by atoms with van der Waals surface area (Å²) in [6.45, 7) is 13.6. The zero-order valence-electron chi connectivity index (χ0n) is 18.6. The van der Waals surface area contributed by atoms with E-state index in [1.165, 1.54) is 23.1 Å². The van der Waals surface area contributed by atoms with Gasteiger partial charge in [0.15, 0.2) is 0 Å². The maximum Gasteiger partial charge on any atom is 0.335 e. The van der Waals surface area contributed by atoms with Crippen molar-refractivity contribution in [3.8, 4) is 5.75 Å². The van der Waals surface area contributed by atoms with Gasteiger partial charge in [0.2, 0.25) is 0 Å². The molecular weight excluding hydrogens is 360 g/mol. The van der Waals surface area contributed by atoms with Crippen molar-refractivity contribution < 1.29 is 14.6 Å². The first kappa shape index (κ1) is 21.2. The molecule has 0 amide bonds. The van der Waals surface area contributed by atoms with E-state index in [0.717, 1.165) is 28.9 Å². The van der Waals surface area contributed by atoms with Gasteiger partial charge in [-0.25, -0.2) is 4.79 Å². The number of carboxylic acids is 1. The van der Waals surface area contributed by atoms with Crippen LogP contribution in [-0.2, 0) is 10.8 Å². The fraction of sp³-hybridized carbons (Fsp3) is 0.423. The van der Waals surface area contributed by atoms with E-state index in [1.807, 2.05) is 12.1 Å². The Morgan fingerprint density at radius 1 is 1.03 bits per heavy atom. The molecule has 1 N–H and O–H groups in total. The van der Waals surface area contributed by atoms with Gasteiger partial charge in [-0.05, 0) is 78.0 Å². The molecule has 0 atom stereocenters. The molecule has 0 saturated carbocycles. The molecule has 1 aliphatic carbocycles. The van der Waals surface area contributed by atoms with Gasteiger partial charge in [0.25, 0.3) is 0 Å². The summed E-state index contributed by atoms with van der Waals surface area (Å²) in [6.07, 6.45) is 4.39. The molecule has 0 unspecified atom stereocenters. The Kier molecular flexibility index (Phi) is 5.38. The Morgan fingerprint density at radius 2 is 1.59 bits per heavy atom. The number of aromatic carboxylic acids is 1. The van der Waals surface area contributed by atoms with Gasteiger partial charge < -0.3 is 9.84 Å². The molecule has 0 bridgehead atoms. The third kappa shape index (κ3) is 3.83. The number of rotatable bonds is 4. The van der Waals surface area contributed by atoms with Crippen LogP contribution in [0.25, 0.3) is 11.6 Å². The normalized spacial score (nSPS) is 17.6. The highest BCUT2D eigenvalue weighted by atomic mass is 16.5. The van der Waals surface area contributed by atoms with Gasteiger partial charge in [0.05, 0.1) is 12.7 Å². The zero-order valence-corrected chi connectivity index (χ0v) is 18.6. The number of fused-ring (bicyclic) bond motifs is 1. The lowest BCUT2D eigenvalue weighted by Gasteiger charge is -2.44. The smallest absolute Gasteiger partial charge is 0.335 e. The molecule has 0 radical (unpaired) electrons. The first-order chi connectivity index (χ1) is 13.5. The first-order valence-electron chi connectivity index (χ1n) is 10.2. The molecule has 2 aromatic carbocycles. The van der Waals surface area contributed by atoms with Crippen molar-refractivity contribution in [1.82, 2.24) is 0 Å². The number of methoxy groups -OCH3 is 1. The van der Waals surface area contributed by atoms with Crippen LogP contribution in [0.3, 0.4) is 0 Å². The number of carboxylic acid groups (broad SMARTS) is 1. The lowest BCUT2D eigenvalue weighted by molar-refractivity contribution is 0.0697. The van der Waals surface area contributed by atoms with Crippen LogP contribution in [0.4, 0.5) is 0 Å². The lowest BCUT2D eigenvalue weighted by Crippen LogP contribution is -2.35. The predicted octanol–water partition coefficient (Wildman–Crippen LogP) is 6.61. The Hall–Kier alpha value is -2.55. The van der Waals surface area contributed by atoms with Crippen LogP contribution < -0.4 is 4.74 Å². The van der Waals surface area contributed by atoms with Crippen LogP contribution in [0.2, 0.25) is 0 Å². The van der Waals surface area contributed by atoms with Crippen molar-refractivity contribution in [3.63, 3.8) is 0 Å². The highest BCUT2D eigenvalue weighted by Gasteiger charge is 2.41. The molecule has 29 heavy (non-hydrogen) atoms. The number of hydrogen-bond donors (Lipinski definition) is 1. The quantitative estimate of drug-likeness (QED) is 0.595. The second-order valence-electron chi connectivity index (χ2n) is 9.55. The van der Waals surface area contributed by atoms with Crippen LogP contribution >= 0.6 is 0 Å². The number of carbonyl (C=O) groups is 1. The Bertz CT molecular complexity index is 976. The number of ether oxygens (including phenoxy) is 1. The average molecular weight is 393 g/mol. The third-order valence-corrected chi connectivity index (χ3v) is 6.38. The molecule has 0 aliphatic heterocycles. The molecule has 3 heteroatoms. The van der Waals surface area contributed by atoms with Gasteiger partial charge in [-0.3, -0.25) is 0 Å². The SMILES string of the molecule is COc1c(C(C)=Cc2ccc(C(=O)O)cc2)cc(C)c2c1C(C)(C)CCC2(C)C. The van der Waals surface area contributed by atoms with Crippen LogP contribution in [0.5, 0.6) is 5.75 Å². The second kappa shape index (κ2) is 7.37. The molecule has 2 aromatic rings. The maximum atomic E-state index is 11.1. The van der Waals surface area contributed by atoms with Crippen molar-refractivity contribution in [2.45, 2.75) is 65.2 Å². The van der Waals surface area contributed by atoms with Crippen LogP contribution in [-0.4, -0.2) is 18.2 Å². The van der Waals surface area contributed by atoms with Crippen molar-refractivity contribution in [2.24, 2.45) is 0 Å². The molecule has 3 nitrogen and oxygen atoms in total. The van der Waals surface area contributed by atoms with E-state index < -0.39 is 5.97 Å². The standard InChI is InChI=1S/C26H32O3/c1-16(14-18-8-10-19(11-9-18)24(27)28)20-15-17(2)21-22(23(20)29-7)26(5,6)13-12-25(21,3)4/h8-11,14-15H,12-13H2,1-7H3,(H,27,28). The van der Waals surface area contributed by atoms with E-state index in [-0.39, 0.29) is 10.8 Å². The topological polar surface area (TPSA) is 46.5 Å². The van der Waals surface area contributed by atoms with Crippen molar-refractivity contribution in [2.75, 3.05) is 7.11 Å². The summed E-state index contributed by atoms with van der Waals surface area (Å²) in [7, 11) is 1.76. The zero-order chi connectivity index (χ0) is 21.6. The molecule has 0 heterocycles. The number of aryl methyl sites for hydroxylation is 1. The minimum atomic E-state index is -0.908. The summed E-state index contributed by atoms with van der Waals surface area (Å²) < 4.78 is 6.02. The van der Waals surface area contributed by atoms with E-state index in [0.29, 0.717) is 5.56 Å². The number of hydrogen-bond acceptors (Lipinski definition) is 2. The van der Waals surface area contributed by atoms with E-state index in [4.69, 9.17) is 9.84 Å². The van der Waals surface area contributed by atoms with Gasteiger partial charge in [0.1, 0.15) is 5.75 Å². The molecule has 0 spiro atoms. The summed E-state index contributed by atoms with van der Waals surface area (Å²) >= 11 is 0. The predicted molar refractivity (Wildman–Crippen MR) is 120 cm³/mol. The summed E-state index contributed by atoms with van der Waals surface area (Å²) in [4.78, 5) is 11.1. The second-order valence-corrected chi connectivity index (χ2v) is 9.55. The van der Waals surface area contributed by atoms with E-state index in [1.54, 1.807) is 19.2 Å². The monoisotopic (exact) mass is 392 g/mol. The molecular formula is C26H32O3. The van der Waals surface area contributed by atoms with Crippen molar-refractivity contribution >= 4 is 17.6 Å². The number of benzene rings is 2. The molecule has 1 aliphatic rings. The van der Waals surface area contributed by atoms with Crippen LogP contribution in [0.1, 0.15) is 85.6 Å². The van der Waals surface area contributed by atoms with Crippen molar-refractivity contribution in [3.05, 3.63) is 63.7 Å². The van der Waals surface area contributed by atoms with Gasteiger partial charge in [-0.2, -0.15) is 0 Å². The van der Waals surface area contributed by atoms with Gasteiger partial charge >= 0.3 is 5.97 Å². The van der Waals surface area contributed by atoms with E-state index >= 15 is 0 Å².